The molecule has 0 spiro atoms. The molecular weight excluding hydrogens is 344 g/mol. The molecule has 1 N–H and O–H groups in total. The van der Waals surface area contributed by atoms with Crippen LogP contribution in [0.25, 0.3) is 0 Å². The van der Waals surface area contributed by atoms with Crippen molar-refractivity contribution in [3.63, 3.8) is 0 Å². The molecule has 27 heavy (non-hydrogen) atoms. The first kappa shape index (κ1) is 20.3. The van der Waals surface area contributed by atoms with Gasteiger partial charge >= 0.3 is 0 Å². The molecule has 0 heterocycles. The van der Waals surface area contributed by atoms with Crippen molar-refractivity contribution in [2.45, 2.75) is 27.2 Å². The van der Waals surface area contributed by atoms with E-state index in [4.69, 9.17) is 9.47 Å². The summed E-state index contributed by atoms with van der Waals surface area (Å²) in [7, 11) is 3.06. The van der Waals surface area contributed by atoms with E-state index in [0.29, 0.717) is 17.2 Å². The Hall–Kier alpha value is -3.02. The van der Waals surface area contributed by atoms with Crippen molar-refractivity contribution in [1.82, 2.24) is 0 Å². The molecule has 0 saturated heterocycles. The summed E-state index contributed by atoms with van der Waals surface area (Å²) in [5.74, 6) is 0.518. The largest absolute Gasteiger partial charge is 0.497 e. The van der Waals surface area contributed by atoms with Gasteiger partial charge in [-0.15, -0.1) is 0 Å². The van der Waals surface area contributed by atoms with Crippen LogP contribution in [-0.2, 0) is 16.0 Å². The highest BCUT2D eigenvalue weighted by molar-refractivity contribution is 6.03. The van der Waals surface area contributed by atoms with Crippen molar-refractivity contribution < 1.29 is 19.1 Å². The molecule has 0 unspecified atom stereocenters. The Morgan fingerprint density at radius 3 is 2.44 bits per heavy atom. The number of para-hydroxylation sites is 1. The summed E-state index contributed by atoms with van der Waals surface area (Å²) in [5, 5.41) is 2.95. The van der Waals surface area contributed by atoms with Crippen LogP contribution in [0.2, 0.25) is 0 Å². The Morgan fingerprint density at radius 1 is 1.11 bits per heavy atom. The number of nitrogens with one attached hydrogen (secondary N) is 1. The second-order valence-electron chi connectivity index (χ2n) is 6.15. The Morgan fingerprint density at radius 2 is 1.85 bits per heavy atom. The van der Waals surface area contributed by atoms with Crippen molar-refractivity contribution in [3.8, 4) is 11.5 Å². The van der Waals surface area contributed by atoms with Gasteiger partial charge in [0.15, 0.2) is 0 Å². The molecule has 0 aromatic heterocycles. The van der Waals surface area contributed by atoms with Crippen LogP contribution < -0.4 is 19.7 Å². The van der Waals surface area contributed by atoms with E-state index in [2.05, 4.69) is 5.32 Å². The van der Waals surface area contributed by atoms with Crippen molar-refractivity contribution in [3.05, 3.63) is 47.5 Å². The number of aryl methyl sites for hydroxylation is 2. The van der Waals surface area contributed by atoms with E-state index in [1.54, 1.807) is 25.3 Å². The monoisotopic (exact) mass is 370 g/mol. The van der Waals surface area contributed by atoms with Crippen molar-refractivity contribution >= 4 is 23.2 Å². The highest BCUT2D eigenvalue weighted by atomic mass is 16.5. The third kappa shape index (κ3) is 4.78. The smallest absolute Gasteiger partial charge is 0.244 e. The number of methoxy groups -OCH3 is 2. The maximum Gasteiger partial charge on any atom is 0.244 e. The molecule has 0 aliphatic carbocycles. The average Bonchev–Trinajstić information content (AvgIpc) is 2.66. The molecule has 6 nitrogen and oxygen atoms in total. The zero-order chi connectivity index (χ0) is 20.0. The highest BCUT2D eigenvalue weighted by Crippen LogP contribution is 2.32. The molecule has 0 aliphatic heterocycles. The molecule has 0 aliphatic rings. The van der Waals surface area contributed by atoms with Crippen LogP contribution >= 0.6 is 0 Å². The fourth-order valence-electron chi connectivity index (χ4n) is 2.90. The van der Waals surface area contributed by atoms with E-state index in [0.717, 1.165) is 23.2 Å². The number of amides is 2. The lowest BCUT2D eigenvalue weighted by Gasteiger charge is -2.24. The Balaban J connectivity index is 2.30. The van der Waals surface area contributed by atoms with Gasteiger partial charge in [0.1, 0.15) is 18.0 Å². The van der Waals surface area contributed by atoms with E-state index in [1.807, 2.05) is 32.0 Å². The lowest BCUT2D eigenvalue weighted by molar-refractivity contribution is -0.120. The van der Waals surface area contributed by atoms with Gasteiger partial charge < -0.3 is 14.8 Å². The zero-order valence-electron chi connectivity index (χ0n) is 16.5. The summed E-state index contributed by atoms with van der Waals surface area (Å²) >= 11 is 0. The molecule has 2 amide bonds. The number of benzene rings is 2. The number of nitrogens with zero attached hydrogens (tertiary/aromatic N) is 1. The number of rotatable bonds is 7. The van der Waals surface area contributed by atoms with Gasteiger partial charge in [-0.25, -0.2) is 0 Å². The summed E-state index contributed by atoms with van der Waals surface area (Å²) in [6.07, 6.45) is 0.803. The molecule has 2 aromatic carbocycles. The standard InChI is InChI=1S/C21H26N2O4/c1-6-16-9-7-8-14(2)21(16)22-20(25)13-23(15(3)24)18-12-17(26-4)10-11-19(18)27-5/h7-12H,6,13H2,1-5H3,(H,22,25). The maximum absolute atomic E-state index is 12.7. The lowest BCUT2D eigenvalue weighted by Crippen LogP contribution is -2.37. The van der Waals surface area contributed by atoms with Crippen LogP contribution in [-0.4, -0.2) is 32.6 Å². The average molecular weight is 370 g/mol. The molecule has 2 rings (SSSR count). The van der Waals surface area contributed by atoms with E-state index < -0.39 is 0 Å². The minimum absolute atomic E-state index is 0.129. The Labute approximate surface area is 160 Å². The number of hydrogen-bond donors (Lipinski definition) is 1. The quantitative estimate of drug-likeness (QED) is 0.809. The molecule has 0 radical (unpaired) electrons. The van der Waals surface area contributed by atoms with Crippen LogP contribution in [0.15, 0.2) is 36.4 Å². The van der Waals surface area contributed by atoms with Gasteiger partial charge in [-0.2, -0.15) is 0 Å². The summed E-state index contributed by atoms with van der Waals surface area (Å²) in [6.45, 7) is 5.27. The summed E-state index contributed by atoms with van der Waals surface area (Å²) in [6, 6.07) is 11.0. The first-order chi connectivity index (χ1) is 12.9. The van der Waals surface area contributed by atoms with Crippen LogP contribution in [0.3, 0.4) is 0 Å². The molecule has 0 atom stereocenters. The van der Waals surface area contributed by atoms with Crippen molar-refractivity contribution in [2.75, 3.05) is 31.0 Å². The third-order valence-electron chi connectivity index (χ3n) is 4.36. The number of hydrogen-bond acceptors (Lipinski definition) is 4. The first-order valence-corrected chi connectivity index (χ1v) is 8.79. The molecule has 0 bridgehead atoms. The van der Waals surface area contributed by atoms with Gasteiger partial charge in [0.05, 0.1) is 19.9 Å². The van der Waals surface area contributed by atoms with E-state index in [-0.39, 0.29) is 18.4 Å². The summed E-state index contributed by atoms with van der Waals surface area (Å²) < 4.78 is 10.6. The lowest BCUT2D eigenvalue weighted by atomic mass is 10.1. The second-order valence-corrected chi connectivity index (χ2v) is 6.15. The van der Waals surface area contributed by atoms with E-state index in [1.165, 1.54) is 18.9 Å². The molecule has 6 heteroatoms. The van der Waals surface area contributed by atoms with Gasteiger partial charge in [-0.1, -0.05) is 25.1 Å². The van der Waals surface area contributed by atoms with Gasteiger partial charge in [0, 0.05) is 18.7 Å². The van der Waals surface area contributed by atoms with Gasteiger partial charge in [0.2, 0.25) is 11.8 Å². The Kier molecular flexibility index (Phi) is 6.82. The van der Waals surface area contributed by atoms with E-state index in [9.17, 15) is 9.59 Å². The van der Waals surface area contributed by atoms with Gasteiger partial charge in [0.25, 0.3) is 0 Å². The predicted molar refractivity (Wildman–Crippen MR) is 107 cm³/mol. The number of carbonyl (C=O) groups excluding carboxylic acids is 2. The SMILES string of the molecule is CCc1cccc(C)c1NC(=O)CN(C(C)=O)c1cc(OC)ccc1OC. The van der Waals surface area contributed by atoms with Gasteiger partial charge in [-0.05, 0) is 36.6 Å². The van der Waals surface area contributed by atoms with Crippen LogP contribution in [0.1, 0.15) is 25.0 Å². The van der Waals surface area contributed by atoms with Crippen LogP contribution in [0.5, 0.6) is 11.5 Å². The van der Waals surface area contributed by atoms with Crippen LogP contribution in [0, 0.1) is 6.92 Å². The molecule has 144 valence electrons. The normalized spacial score (nSPS) is 10.3. The number of carbonyl (C=O) groups is 2. The maximum atomic E-state index is 12.7. The van der Waals surface area contributed by atoms with Crippen molar-refractivity contribution in [2.24, 2.45) is 0 Å². The van der Waals surface area contributed by atoms with Crippen LogP contribution in [0.4, 0.5) is 11.4 Å². The molecule has 2 aromatic rings. The predicted octanol–water partition coefficient (Wildman–Crippen LogP) is 3.57. The number of anilines is 2. The first-order valence-electron chi connectivity index (χ1n) is 8.79. The zero-order valence-corrected chi connectivity index (χ0v) is 16.5. The fraction of sp³-hybridized carbons (Fsp3) is 0.333. The Bertz CT molecular complexity index is 833. The molecule has 0 fully saturated rings. The summed E-state index contributed by atoms with van der Waals surface area (Å²) in [5.41, 5.74) is 3.32. The van der Waals surface area contributed by atoms with Gasteiger partial charge in [-0.3, -0.25) is 14.5 Å². The number of ether oxygens (including phenoxy) is 2. The molecular formula is C21H26N2O4. The summed E-state index contributed by atoms with van der Waals surface area (Å²) in [4.78, 5) is 26.3. The second kappa shape index (κ2) is 9.07. The fourth-order valence-corrected chi connectivity index (χ4v) is 2.90. The third-order valence-corrected chi connectivity index (χ3v) is 4.36. The topological polar surface area (TPSA) is 67.9 Å². The van der Waals surface area contributed by atoms with E-state index >= 15 is 0 Å². The molecule has 0 saturated carbocycles. The minimum atomic E-state index is -0.279. The highest BCUT2D eigenvalue weighted by Gasteiger charge is 2.21. The van der Waals surface area contributed by atoms with Crippen molar-refractivity contribution in [1.29, 1.82) is 0 Å². The minimum Gasteiger partial charge on any atom is -0.497 e.